The van der Waals surface area contributed by atoms with Crippen LogP contribution < -0.4 is 10.2 Å². The van der Waals surface area contributed by atoms with Gasteiger partial charge in [-0.15, -0.1) is 0 Å². The molecule has 0 aromatic heterocycles. The molecule has 6 nitrogen and oxygen atoms in total. The van der Waals surface area contributed by atoms with Gasteiger partial charge in [0.15, 0.2) is 6.61 Å². The average Bonchev–Trinajstić information content (AvgIpc) is 3.11. The number of esters is 1. The standard InChI is InChI=1S/C23H26N2O4/c1-4-17-8-10-19(11-9-17)25-13-18(12-22(25)27)23(28)29-14-21(26)24-20-7-5-6-15(2)16(20)3/h5-11,18H,4,12-14H2,1-3H3,(H,24,26). The maximum atomic E-state index is 12.4. The van der Waals surface area contributed by atoms with Crippen LogP contribution in [-0.4, -0.2) is 30.9 Å². The van der Waals surface area contributed by atoms with Gasteiger partial charge >= 0.3 is 5.97 Å². The Hall–Kier alpha value is -3.15. The highest BCUT2D eigenvalue weighted by Crippen LogP contribution is 2.26. The Morgan fingerprint density at radius 3 is 2.55 bits per heavy atom. The highest BCUT2D eigenvalue weighted by atomic mass is 16.5. The lowest BCUT2D eigenvalue weighted by molar-refractivity contribution is -0.151. The van der Waals surface area contributed by atoms with Gasteiger partial charge in [0.05, 0.1) is 5.92 Å². The fraction of sp³-hybridized carbons (Fsp3) is 0.348. The maximum absolute atomic E-state index is 12.4. The van der Waals surface area contributed by atoms with E-state index in [4.69, 9.17) is 4.74 Å². The number of carbonyl (C=O) groups excluding carboxylic acids is 3. The Morgan fingerprint density at radius 1 is 1.14 bits per heavy atom. The van der Waals surface area contributed by atoms with E-state index in [1.807, 2.05) is 50.2 Å². The van der Waals surface area contributed by atoms with Crippen LogP contribution in [0.3, 0.4) is 0 Å². The molecule has 0 aliphatic carbocycles. The molecule has 1 heterocycles. The van der Waals surface area contributed by atoms with Crippen LogP contribution >= 0.6 is 0 Å². The van der Waals surface area contributed by atoms with Crippen molar-refractivity contribution < 1.29 is 19.1 Å². The summed E-state index contributed by atoms with van der Waals surface area (Å²) >= 11 is 0. The van der Waals surface area contributed by atoms with E-state index in [0.29, 0.717) is 5.69 Å². The number of aryl methyl sites for hydroxylation is 2. The van der Waals surface area contributed by atoms with E-state index in [1.54, 1.807) is 11.0 Å². The van der Waals surface area contributed by atoms with Crippen molar-refractivity contribution in [1.82, 2.24) is 0 Å². The molecule has 1 fully saturated rings. The smallest absolute Gasteiger partial charge is 0.311 e. The molecule has 0 spiro atoms. The van der Waals surface area contributed by atoms with Gasteiger partial charge in [-0.1, -0.05) is 31.2 Å². The van der Waals surface area contributed by atoms with E-state index in [2.05, 4.69) is 12.2 Å². The molecular formula is C23H26N2O4. The molecular weight excluding hydrogens is 368 g/mol. The predicted octanol–water partition coefficient (Wildman–Crippen LogP) is 3.40. The zero-order valence-electron chi connectivity index (χ0n) is 17.0. The Bertz CT molecular complexity index is 921. The number of nitrogens with zero attached hydrogens (tertiary/aromatic N) is 1. The number of nitrogens with one attached hydrogen (secondary N) is 1. The molecule has 152 valence electrons. The van der Waals surface area contributed by atoms with Crippen molar-refractivity contribution in [2.24, 2.45) is 5.92 Å². The third kappa shape index (κ3) is 4.83. The molecule has 1 aliphatic rings. The van der Waals surface area contributed by atoms with Crippen molar-refractivity contribution in [3.8, 4) is 0 Å². The minimum Gasteiger partial charge on any atom is -0.455 e. The van der Waals surface area contributed by atoms with Crippen LogP contribution in [0.1, 0.15) is 30.0 Å². The summed E-state index contributed by atoms with van der Waals surface area (Å²) in [6, 6.07) is 13.4. The van der Waals surface area contributed by atoms with Crippen LogP contribution in [0.15, 0.2) is 42.5 Å². The zero-order chi connectivity index (χ0) is 21.0. The van der Waals surface area contributed by atoms with Crippen molar-refractivity contribution >= 4 is 29.2 Å². The van der Waals surface area contributed by atoms with Gasteiger partial charge < -0.3 is 15.0 Å². The summed E-state index contributed by atoms with van der Waals surface area (Å²) in [6.45, 7) is 5.84. The van der Waals surface area contributed by atoms with E-state index >= 15 is 0 Å². The van der Waals surface area contributed by atoms with Gasteiger partial charge in [-0.05, 0) is 55.2 Å². The number of hydrogen-bond acceptors (Lipinski definition) is 4. The number of anilines is 2. The lowest BCUT2D eigenvalue weighted by Gasteiger charge is -2.17. The molecule has 1 N–H and O–H groups in total. The minimum atomic E-state index is -0.568. The fourth-order valence-corrected chi connectivity index (χ4v) is 3.35. The first-order valence-electron chi connectivity index (χ1n) is 9.81. The van der Waals surface area contributed by atoms with Crippen LogP contribution in [0.4, 0.5) is 11.4 Å². The van der Waals surface area contributed by atoms with Gasteiger partial charge in [0.1, 0.15) is 0 Å². The summed E-state index contributed by atoms with van der Waals surface area (Å²) in [6.07, 6.45) is 1.01. The Labute approximate surface area is 170 Å². The molecule has 0 radical (unpaired) electrons. The molecule has 6 heteroatoms. The molecule has 1 atom stereocenters. The third-order valence-electron chi connectivity index (χ3n) is 5.34. The zero-order valence-corrected chi connectivity index (χ0v) is 17.0. The first-order chi connectivity index (χ1) is 13.9. The van der Waals surface area contributed by atoms with Gasteiger partial charge in [0.2, 0.25) is 5.91 Å². The van der Waals surface area contributed by atoms with Crippen LogP contribution in [0.25, 0.3) is 0 Å². The molecule has 29 heavy (non-hydrogen) atoms. The van der Waals surface area contributed by atoms with Gasteiger partial charge in [-0.2, -0.15) is 0 Å². The Balaban J connectivity index is 1.53. The third-order valence-corrected chi connectivity index (χ3v) is 5.34. The number of hydrogen-bond donors (Lipinski definition) is 1. The van der Waals surface area contributed by atoms with Crippen molar-refractivity contribution in [3.05, 3.63) is 59.2 Å². The van der Waals surface area contributed by atoms with E-state index < -0.39 is 17.8 Å². The van der Waals surface area contributed by atoms with Crippen LogP contribution in [0.5, 0.6) is 0 Å². The van der Waals surface area contributed by atoms with Crippen LogP contribution in [-0.2, 0) is 25.5 Å². The van der Waals surface area contributed by atoms with E-state index in [1.165, 1.54) is 5.56 Å². The monoisotopic (exact) mass is 394 g/mol. The Morgan fingerprint density at radius 2 is 1.86 bits per heavy atom. The molecule has 0 bridgehead atoms. The van der Waals surface area contributed by atoms with Gasteiger partial charge in [0.25, 0.3) is 5.91 Å². The second-order valence-corrected chi connectivity index (χ2v) is 7.33. The minimum absolute atomic E-state index is 0.0902. The quantitative estimate of drug-likeness (QED) is 0.762. The second-order valence-electron chi connectivity index (χ2n) is 7.33. The fourth-order valence-electron chi connectivity index (χ4n) is 3.35. The highest BCUT2D eigenvalue weighted by molar-refractivity contribution is 6.00. The predicted molar refractivity (Wildman–Crippen MR) is 112 cm³/mol. The summed E-state index contributed by atoms with van der Waals surface area (Å²) in [5, 5.41) is 2.76. The van der Waals surface area contributed by atoms with Crippen molar-refractivity contribution in [2.75, 3.05) is 23.4 Å². The lowest BCUT2D eigenvalue weighted by Crippen LogP contribution is -2.28. The summed E-state index contributed by atoms with van der Waals surface area (Å²) in [7, 11) is 0. The summed E-state index contributed by atoms with van der Waals surface area (Å²) in [5.41, 5.74) is 4.69. The first-order valence-corrected chi connectivity index (χ1v) is 9.81. The summed E-state index contributed by atoms with van der Waals surface area (Å²) in [4.78, 5) is 38.4. The average molecular weight is 394 g/mol. The second kappa shape index (κ2) is 8.90. The molecule has 0 saturated carbocycles. The normalized spacial score (nSPS) is 16.0. The molecule has 1 aliphatic heterocycles. The van der Waals surface area contributed by atoms with E-state index in [-0.39, 0.29) is 25.5 Å². The maximum Gasteiger partial charge on any atom is 0.311 e. The van der Waals surface area contributed by atoms with Gasteiger partial charge in [0, 0.05) is 24.3 Å². The van der Waals surface area contributed by atoms with Crippen LogP contribution in [0.2, 0.25) is 0 Å². The topological polar surface area (TPSA) is 75.7 Å². The molecule has 3 rings (SSSR count). The largest absolute Gasteiger partial charge is 0.455 e. The van der Waals surface area contributed by atoms with E-state index in [0.717, 1.165) is 23.2 Å². The van der Waals surface area contributed by atoms with Gasteiger partial charge in [-0.3, -0.25) is 14.4 Å². The van der Waals surface area contributed by atoms with Crippen molar-refractivity contribution in [1.29, 1.82) is 0 Å². The lowest BCUT2D eigenvalue weighted by atomic mass is 10.1. The molecule has 2 aromatic rings. The number of carbonyl (C=O) groups is 3. The van der Waals surface area contributed by atoms with Crippen molar-refractivity contribution in [2.45, 2.75) is 33.6 Å². The first kappa shape index (κ1) is 20.6. The summed E-state index contributed by atoms with van der Waals surface area (Å²) in [5.74, 6) is -1.61. The molecule has 1 saturated heterocycles. The highest BCUT2D eigenvalue weighted by Gasteiger charge is 2.36. The number of ether oxygens (including phenoxy) is 1. The molecule has 2 aromatic carbocycles. The van der Waals surface area contributed by atoms with Crippen LogP contribution in [0, 0.1) is 19.8 Å². The summed E-state index contributed by atoms with van der Waals surface area (Å²) < 4.78 is 5.17. The Kier molecular flexibility index (Phi) is 6.32. The number of benzene rings is 2. The number of amides is 2. The molecule has 1 unspecified atom stereocenters. The van der Waals surface area contributed by atoms with Gasteiger partial charge in [-0.25, -0.2) is 0 Å². The molecule has 2 amide bonds. The number of rotatable bonds is 6. The van der Waals surface area contributed by atoms with E-state index in [9.17, 15) is 14.4 Å². The van der Waals surface area contributed by atoms with Crippen molar-refractivity contribution in [3.63, 3.8) is 0 Å². The SMILES string of the molecule is CCc1ccc(N2CC(C(=O)OCC(=O)Nc3cccc(C)c3C)CC2=O)cc1.